The van der Waals surface area contributed by atoms with E-state index in [0.717, 1.165) is 28.4 Å². The molecule has 3 heteroatoms. The van der Waals surface area contributed by atoms with Crippen LogP contribution in [0.25, 0.3) is 88.2 Å². The van der Waals surface area contributed by atoms with Gasteiger partial charge in [-0.2, -0.15) is 0 Å². The molecule has 2 aliphatic rings. The van der Waals surface area contributed by atoms with Crippen LogP contribution >= 0.6 is 0 Å². The number of para-hydroxylation sites is 2. The molecular weight excluding hydrogens is 847 g/mol. The van der Waals surface area contributed by atoms with Gasteiger partial charge >= 0.3 is 0 Å². The molecule has 1 spiro atoms. The van der Waals surface area contributed by atoms with Crippen LogP contribution in [0.5, 0.6) is 0 Å². The van der Waals surface area contributed by atoms with E-state index in [1.807, 2.05) is 0 Å². The molecule has 0 unspecified atom stereocenters. The topological polar surface area (TPSA) is 13.1 Å². The quantitative estimate of drug-likeness (QED) is 0.162. The average Bonchev–Trinajstić information content (AvgIpc) is 4.17. The van der Waals surface area contributed by atoms with E-state index in [1.165, 1.54) is 99.1 Å². The monoisotopic (exact) mass is 889 g/mol. The molecule has 326 valence electrons. The summed E-state index contributed by atoms with van der Waals surface area (Å²) in [5.41, 5.74) is 21.7. The molecule has 0 saturated carbocycles. The van der Waals surface area contributed by atoms with Crippen molar-refractivity contribution in [2.75, 3.05) is 4.90 Å². The molecule has 70 heavy (non-hydrogen) atoms. The Kier molecular flexibility index (Phi) is 8.28. The molecule has 13 aromatic rings. The first kappa shape index (κ1) is 38.9. The number of rotatable bonds is 6. The van der Waals surface area contributed by atoms with Crippen molar-refractivity contribution in [3.8, 4) is 44.8 Å². The molecule has 0 atom stereocenters. The largest absolute Gasteiger partial charge is 0.316 e. The molecule has 0 fully saturated rings. The third-order valence-corrected chi connectivity index (χ3v) is 15.3. The van der Waals surface area contributed by atoms with Crippen LogP contribution in [-0.2, 0) is 5.41 Å². The smallest absolute Gasteiger partial charge is 0.0726 e. The van der Waals surface area contributed by atoms with Crippen molar-refractivity contribution in [3.05, 3.63) is 283 Å². The van der Waals surface area contributed by atoms with E-state index < -0.39 is 5.41 Å². The highest BCUT2D eigenvalue weighted by Gasteiger charge is 2.51. The second-order valence-corrected chi connectivity index (χ2v) is 18.9. The van der Waals surface area contributed by atoms with Gasteiger partial charge in [-0.05, 0) is 151 Å². The number of aromatic nitrogens is 2. The Hall–Kier alpha value is -9.18. The molecule has 0 amide bonds. The van der Waals surface area contributed by atoms with Crippen molar-refractivity contribution in [2.45, 2.75) is 5.41 Å². The van der Waals surface area contributed by atoms with Gasteiger partial charge in [0.1, 0.15) is 0 Å². The van der Waals surface area contributed by atoms with E-state index in [1.54, 1.807) is 0 Å². The number of anilines is 3. The van der Waals surface area contributed by atoms with E-state index >= 15 is 0 Å². The maximum Gasteiger partial charge on any atom is 0.0726 e. The molecule has 2 aromatic heterocycles. The van der Waals surface area contributed by atoms with Gasteiger partial charge in [-0.3, -0.25) is 0 Å². The SMILES string of the molecule is c1ccc(-n2c3ccccc3c3cc4ccn(-c5ccc(-c6ccc(N(c7ccc8c(c7)C7(c9ccccc9-c9ccccc97)c7ccccc7-8)c7ccc8ccccc8c7)cc6)cc5)c4cc32)cc1. The van der Waals surface area contributed by atoms with E-state index in [0.29, 0.717) is 0 Å². The lowest BCUT2D eigenvalue weighted by atomic mass is 9.70. The minimum absolute atomic E-state index is 0.429. The van der Waals surface area contributed by atoms with Crippen LogP contribution in [-0.4, -0.2) is 9.13 Å². The van der Waals surface area contributed by atoms with Gasteiger partial charge in [0.15, 0.2) is 0 Å². The molecule has 11 aromatic carbocycles. The molecule has 3 nitrogen and oxygen atoms in total. The van der Waals surface area contributed by atoms with Crippen LogP contribution in [0.1, 0.15) is 22.3 Å². The highest BCUT2D eigenvalue weighted by Crippen LogP contribution is 2.63. The molecule has 15 rings (SSSR count). The van der Waals surface area contributed by atoms with Crippen molar-refractivity contribution >= 4 is 60.5 Å². The number of nitrogens with zero attached hydrogens (tertiary/aromatic N) is 3. The van der Waals surface area contributed by atoms with Crippen LogP contribution in [0, 0.1) is 0 Å². The van der Waals surface area contributed by atoms with Crippen molar-refractivity contribution in [3.63, 3.8) is 0 Å². The highest BCUT2D eigenvalue weighted by molar-refractivity contribution is 6.13. The lowest BCUT2D eigenvalue weighted by Crippen LogP contribution is -2.26. The zero-order valence-electron chi connectivity index (χ0n) is 38.2. The second kappa shape index (κ2) is 14.9. The van der Waals surface area contributed by atoms with Crippen molar-refractivity contribution in [2.24, 2.45) is 0 Å². The summed E-state index contributed by atoms with van der Waals surface area (Å²) in [4.78, 5) is 2.44. The van der Waals surface area contributed by atoms with Crippen LogP contribution in [0.15, 0.2) is 261 Å². The van der Waals surface area contributed by atoms with E-state index in [4.69, 9.17) is 0 Å². The normalized spacial score (nSPS) is 13.0. The fourth-order valence-corrected chi connectivity index (χ4v) is 12.3. The third-order valence-electron chi connectivity index (χ3n) is 15.3. The lowest BCUT2D eigenvalue weighted by Gasteiger charge is -2.32. The second-order valence-electron chi connectivity index (χ2n) is 18.9. The van der Waals surface area contributed by atoms with Crippen LogP contribution < -0.4 is 4.90 Å². The van der Waals surface area contributed by atoms with Crippen molar-refractivity contribution < 1.29 is 0 Å². The number of benzene rings is 11. The van der Waals surface area contributed by atoms with E-state index in [-0.39, 0.29) is 0 Å². The summed E-state index contributed by atoms with van der Waals surface area (Å²) in [5, 5.41) is 6.19. The Balaban J connectivity index is 0.827. The summed E-state index contributed by atoms with van der Waals surface area (Å²) >= 11 is 0. The van der Waals surface area contributed by atoms with E-state index in [2.05, 4.69) is 275 Å². The molecule has 0 aliphatic heterocycles. The first-order valence-corrected chi connectivity index (χ1v) is 24.2. The Bertz CT molecular complexity index is 4170. The zero-order valence-corrected chi connectivity index (χ0v) is 38.2. The number of hydrogen-bond donors (Lipinski definition) is 0. The minimum Gasteiger partial charge on any atom is -0.316 e. The van der Waals surface area contributed by atoms with Crippen LogP contribution in [0.3, 0.4) is 0 Å². The summed E-state index contributed by atoms with van der Waals surface area (Å²) in [6, 6.07) is 94.3. The predicted octanol–water partition coefficient (Wildman–Crippen LogP) is 17.4. The maximum absolute atomic E-state index is 2.48. The first-order chi connectivity index (χ1) is 34.7. The molecule has 2 aliphatic carbocycles. The van der Waals surface area contributed by atoms with Crippen molar-refractivity contribution in [1.82, 2.24) is 9.13 Å². The van der Waals surface area contributed by atoms with Gasteiger partial charge in [-0.1, -0.05) is 170 Å². The van der Waals surface area contributed by atoms with E-state index in [9.17, 15) is 0 Å². The summed E-state index contributed by atoms with van der Waals surface area (Å²) in [5.74, 6) is 0. The highest BCUT2D eigenvalue weighted by atomic mass is 15.1. The van der Waals surface area contributed by atoms with Gasteiger partial charge in [0, 0.05) is 50.8 Å². The van der Waals surface area contributed by atoms with Gasteiger partial charge < -0.3 is 14.0 Å². The zero-order chi connectivity index (χ0) is 45.9. The fraction of sp³-hybridized carbons (Fsp3) is 0.0149. The Morgan fingerprint density at radius 1 is 0.300 bits per heavy atom. The summed E-state index contributed by atoms with van der Waals surface area (Å²) < 4.78 is 4.71. The average molecular weight is 890 g/mol. The summed E-state index contributed by atoms with van der Waals surface area (Å²) in [6.45, 7) is 0. The molecule has 0 bridgehead atoms. The molecule has 0 N–H and O–H groups in total. The fourth-order valence-electron chi connectivity index (χ4n) is 12.3. The van der Waals surface area contributed by atoms with Crippen LogP contribution in [0.4, 0.5) is 17.1 Å². The minimum atomic E-state index is -0.429. The molecular formula is C67H43N3. The standard InChI is InChI=1S/C67H43N3/c1-2-16-50(17-3-1)70-64-25-13-9-21-58(64)59-41-48-38-39-68(65(48)43-66(59)70)49-31-26-45(27-32-49)46-28-33-51(34-29-46)69(52-35-30-44-14-4-5-15-47(44)40-52)53-36-37-57-56-20-8-12-24-62(56)67(63(57)42-53)60-22-10-6-18-54(60)55-19-7-11-23-61(55)67/h1-43H. The van der Waals surface area contributed by atoms with Gasteiger partial charge in [0.25, 0.3) is 0 Å². The van der Waals surface area contributed by atoms with Gasteiger partial charge in [0.05, 0.1) is 22.0 Å². The Morgan fingerprint density at radius 3 is 1.57 bits per heavy atom. The predicted molar refractivity (Wildman–Crippen MR) is 292 cm³/mol. The summed E-state index contributed by atoms with van der Waals surface area (Å²) in [7, 11) is 0. The number of fused-ring (bicyclic) bond motifs is 15. The van der Waals surface area contributed by atoms with Crippen molar-refractivity contribution in [1.29, 1.82) is 0 Å². The lowest BCUT2D eigenvalue weighted by molar-refractivity contribution is 0.793. The Labute approximate surface area is 406 Å². The summed E-state index contributed by atoms with van der Waals surface area (Å²) in [6.07, 6.45) is 2.20. The van der Waals surface area contributed by atoms with Gasteiger partial charge in [-0.25, -0.2) is 0 Å². The Morgan fingerprint density at radius 2 is 0.857 bits per heavy atom. The number of hydrogen-bond acceptors (Lipinski definition) is 1. The van der Waals surface area contributed by atoms with Gasteiger partial charge in [-0.15, -0.1) is 0 Å². The molecule has 0 saturated heterocycles. The van der Waals surface area contributed by atoms with Crippen LogP contribution in [0.2, 0.25) is 0 Å². The third kappa shape index (κ3) is 5.52. The molecule has 0 radical (unpaired) electrons. The first-order valence-electron chi connectivity index (χ1n) is 24.2. The molecule has 2 heterocycles. The maximum atomic E-state index is 2.48. The van der Waals surface area contributed by atoms with Gasteiger partial charge in [0.2, 0.25) is 0 Å².